The first kappa shape index (κ1) is 29.0. The van der Waals surface area contributed by atoms with Gasteiger partial charge in [-0.1, -0.05) is 48.5 Å². The molecule has 2 aromatic carbocycles. The highest BCUT2D eigenvalue weighted by molar-refractivity contribution is 7.92. The van der Waals surface area contributed by atoms with Gasteiger partial charge in [-0.15, -0.1) is 0 Å². The lowest BCUT2D eigenvalue weighted by molar-refractivity contribution is -0.142. The summed E-state index contributed by atoms with van der Waals surface area (Å²) in [5, 5.41) is 2.94. The van der Waals surface area contributed by atoms with Crippen LogP contribution in [0.5, 0.6) is 0 Å². The molecule has 2 aromatic rings. The smallest absolute Gasteiger partial charge is 0.247 e. The number of hydrogen-bond acceptors (Lipinski definition) is 6. The molecule has 1 saturated heterocycles. The van der Waals surface area contributed by atoms with Crippen molar-refractivity contribution in [1.29, 1.82) is 0 Å². The summed E-state index contributed by atoms with van der Waals surface area (Å²) in [7, 11) is 0.232. The lowest BCUT2D eigenvalue weighted by Crippen LogP contribution is -2.60. The Labute approximate surface area is 232 Å². The van der Waals surface area contributed by atoms with Gasteiger partial charge in [0.15, 0.2) is 0 Å². The number of anilines is 1. The van der Waals surface area contributed by atoms with Gasteiger partial charge in [0, 0.05) is 25.0 Å². The molecule has 2 aliphatic rings. The molecule has 2 aliphatic heterocycles. The van der Waals surface area contributed by atoms with E-state index in [4.69, 9.17) is 4.74 Å². The van der Waals surface area contributed by atoms with Crippen LogP contribution in [0.1, 0.15) is 37.8 Å². The summed E-state index contributed by atoms with van der Waals surface area (Å²) >= 11 is 0. The standard InChI is InChI=1S/C29H40N4O5S/c1-28(2,31(3)4)27(35)30-24(20-38-19-22-11-7-6-8-12-22)26(34)32-17-15-29(16-18-32)21-33(39(5,36)37)25-14-10-9-13-23(25)29/h6-14,24H,15-21H2,1-5H3,(H,30,35)/t24-/m1/s1. The number of piperidine rings is 1. The van der Waals surface area contributed by atoms with Crippen LogP contribution < -0.4 is 9.62 Å². The van der Waals surface area contributed by atoms with Crippen LogP contribution in [0.4, 0.5) is 5.69 Å². The minimum Gasteiger partial charge on any atom is -0.374 e. The lowest BCUT2D eigenvalue weighted by atomic mass is 9.74. The molecule has 0 radical (unpaired) electrons. The van der Waals surface area contributed by atoms with Crippen LogP contribution in [0.15, 0.2) is 54.6 Å². The summed E-state index contributed by atoms with van der Waals surface area (Å²) in [6.45, 7) is 5.31. The van der Waals surface area contributed by atoms with E-state index in [-0.39, 0.29) is 23.8 Å². The zero-order valence-electron chi connectivity index (χ0n) is 23.5. The van der Waals surface area contributed by atoms with Crippen LogP contribution in [0.25, 0.3) is 0 Å². The summed E-state index contributed by atoms with van der Waals surface area (Å²) in [6, 6.07) is 16.5. The Bertz CT molecular complexity index is 1290. The van der Waals surface area contributed by atoms with E-state index in [1.807, 2.05) is 87.4 Å². The van der Waals surface area contributed by atoms with Crippen LogP contribution in [0.3, 0.4) is 0 Å². The molecule has 0 aromatic heterocycles. The van der Waals surface area contributed by atoms with Gasteiger partial charge in [0.2, 0.25) is 21.8 Å². The van der Waals surface area contributed by atoms with Crippen molar-refractivity contribution in [3.8, 4) is 0 Å². The Morgan fingerprint density at radius 3 is 2.28 bits per heavy atom. The molecule has 1 N–H and O–H groups in total. The van der Waals surface area contributed by atoms with Crippen molar-refractivity contribution in [2.75, 3.05) is 50.9 Å². The maximum Gasteiger partial charge on any atom is 0.247 e. The number of likely N-dealkylation sites (N-methyl/N-ethyl adjacent to an activating group) is 1. The van der Waals surface area contributed by atoms with Crippen LogP contribution in [0, 0.1) is 0 Å². The van der Waals surface area contributed by atoms with E-state index in [1.54, 1.807) is 4.90 Å². The predicted octanol–water partition coefficient (Wildman–Crippen LogP) is 2.37. The van der Waals surface area contributed by atoms with Gasteiger partial charge >= 0.3 is 0 Å². The van der Waals surface area contributed by atoms with Gasteiger partial charge in [-0.2, -0.15) is 0 Å². The van der Waals surface area contributed by atoms with Gasteiger partial charge in [-0.05, 0) is 58.0 Å². The average Bonchev–Trinajstić information content (AvgIpc) is 3.23. The molecule has 1 atom stereocenters. The number of nitrogens with one attached hydrogen (secondary N) is 1. The largest absolute Gasteiger partial charge is 0.374 e. The van der Waals surface area contributed by atoms with Crippen molar-refractivity contribution in [3.63, 3.8) is 0 Å². The number of rotatable bonds is 9. The molecule has 1 fully saturated rings. The number of likely N-dealkylation sites (tertiary alicyclic amines) is 1. The highest BCUT2D eigenvalue weighted by Crippen LogP contribution is 2.47. The molecule has 0 saturated carbocycles. The maximum absolute atomic E-state index is 13.8. The average molecular weight is 557 g/mol. The second kappa shape index (κ2) is 11.3. The minimum absolute atomic E-state index is 0.0509. The molecule has 2 amide bonds. The van der Waals surface area contributed by atoms with E-state index in [0.29, 0.717) is 39.1 Å². The number of carbonyl (C=O) groups is 2. The lowest BCUT2D eigenvalue weighted by Gasteiger charge is -2.41. The summed E-state index contributed by atoms with van der Waals surface area (Å²) < 4.78 is 32.4. The van der Waals surface area contributed by atoms with Crippen LogP contribution >= 0.6 is 0 Å². The third-order valence-electron chi connectivity index (χ3n) is 8.30. The Balaban J connectivity index is 1.48. The zero-order chi connectivity index (χ0) is 28.4. The molecule has 4 rings (SSSR count). The summed E-state index contributed by atoms with van der Waals surface area (Å²) in [5.41, 5.74) is 1.58. The number of carbonyl (C=O) groups excluding carboxylic acids is 2. The van der Waals surface area contributed by atoms with E-state index in [1.165, 1.54) is 10.6 Å². The fraction of sp³-hybridized carbons (Fsp3) is 0.517. The number of amides is 2. The fourth-order valence-electron chi connectivity index (χ4n) is 5.27. The van der Waals surface area contributed by atoms with Crippen LogP contribution in [0.2, 0.25) is 0 Å². The number of ether oxygens (including phenoxy) is 1. The first-order chi connectivity index (χ1) is 18.3. The van der Waals surface area contributed by atoms with Gasteiger partial charge in [0.1, 0.15) is 6.04 Å². The van der Waals surface area contributed by atoms with Gasteiger partial charge in [-0.3, -0.25) is 18.8 Å². The second-order valence-corrected chi connectivity index (χ2v) is 13.3. The van der Waals surface area contributed by atoms with Crippen LogP contribution in [-0.4, -0.2) is 88.2 Å². The van der Waals surface area contributed by atoms with Crippen molar-refractivity contribution in [2.45, 2.75) is 50.3 Å². The first-order valence-electron chi connectivity index (χ1n) is 13.3. The third-order valence-corrected chi connectivity index (χ3v) is 9.42. The first-order valence-corrected chi connectivity index (χ1v) is 15.2. The van der Waals surface area contributed by atoms with Crippen molar-refractivity contribution in [2.24, 2.45) is 0 Å². The number of para-hydroxylation sites is 1. The summed E-state index contributed by atoms with van der Waals surface area (Å²) in [6.07, 6.45) is 2.51. The molecule has 0 unspecified atom stereocenters. The molecule has 2 heterocycles. The monoisotopic (exact) mass is 556 g/mol. The fourth-order valence-corrected chi connectivity index (χ4v) is 6.26. The Morgan fingerprint density at radius 2 is 1.67 bits per heavy atom. The molecular formula is C29H40N4O5S. The van der Waals surface area contributed by atoms with Gasteiger partial charge < -0.3 is 15.0 Å². The molecule has 10 heteroatoms. The summed E-state index contributed by atoms with van der Waals surface area (Å²) in [5.74, 6) is -0.441. The second-order valence-electron chi connectivity index (χ2n) is 11.4. The number of hydrogen-bond donors (Lipinski definition) is 1. The van der Waals surface area contributed by atoms with E-state index in [0.717, 1.165) is 16.8 Å². The van der Waals surface area contributed by atoms with Gasteiger partial charge in [0.05, 0.1) is 30.7 Å². The highest BCUT2D eigenvalue weighted by atomic mass is 32.2. The topological polar surface area (TPSA) is 99.3 Å². The van der Waals surface area contributed by atoms with Crippen molar-refractivity contribution in [1.82, 2.24) is 15.1 Å². The molecule has 39 heavy (non-hydrogen) atoms. The summed E-state index contributed by atoms with van der Waals surface area (Å²) in [4.78, 5) is 30.5. The van der Waals surface area contributed by atoms with E-state index in [9.17, 15) is 18.0 Å². The molecule has 1 spiro atoms. The molecule has 0 bridgehead atoms. The van der Waals surface area contributed by atoms with E-state index >= 15 is 0 Å². The minimum atomic E-state index is -3.42. The molecule has 212 valence electrons. The van der Waals surface area contributed by atoms with Crippen molar-refractivity contribution in [3.05, 3.63) is 65.7 Å². The van der Waals surface area contributed by atoms with E-state index in [2.05, 4.69) is 5.32 Å². The third kappa shape index (κ3) is 6.13. The molecular weight excluding hydrogens is 516 g/mol. The Hall–Kier alpha value is -2.95. The highest BCUT2D eigenvalue weighted by Gasteiger charge is 2.48. The number of benzene rings is 2. The molecule has 0 aliphatic carbocycles. The Kier molecular flexibility index (Phi) is 8.39. The zero-order valence-corrected chi connectivity index (χ0v) is 24.3. The predicted molar refractivity (Wildman–Crippen MR) is 152 cm³/mol. The number of fused-ring (bicyclic) bond motifs is 2. The maximum atomic E-state index is 13.8. The van der Waals surface area contributed by atoms with Gasteiger partial charge in [0.25, 0.3) is 0 Å². The Morgan fingerprint density at radius 1 is 1.05 bits per heavy atom. The SMILES string of the molecule is CN(C)C(C)(C)C(=O)N[C@H](COCc1ccccc1)C(=O)N1CCC2(CC1)CN(S(C)(=O)=O)c1ccccc12. The number of sulfonamides is 1. The quantitative estimate of drug-likeness (QED) is 0.509. The molecule has 9 nitrogen and oxygen atoms in total. The normalized spacial score (nSPS) is 17.8. The van der Waals surface area contributed by atoms with E-state index < -0.39 is 21.6 Å². The van der Waals surface area contributed by atoms with Crippen molar-refractivity contribution >= 4 is 27.5 Å². The van der Waals surface area contributed by atoms with Gasteiger partial charge in [-0.25, -0.2) is 8.42 Å². The van der Waals surface area contributed by atoms with Crippen molar-refractivity contribution < 1.29 is 22.7 Å². The number of nitrogens with zero attached hydrogens (tertiary/aromatic N) is 3. The van der Waals surface area contributed by atoms with Crippen LogP contribution in [-0.2, 0) is 36.4 Å².